The maximum Gasteiger partial charge on any atom is 0.323 e. The van der Waals surface area contributed by atoms with E-state index in [-0.39, 0.29) is 29.9 Å². The topological polar surface area (TPSA) is 73.5 Å². The van der Waals surface area contributed by atoms with Gasteiger partial charge in [-0.2, -0.15) is 0 Å². The predicted octanol–water partition coefficient (Wildman–Crippen LogP) is 3.78. The van der Waals surface area contributed by atoms with Crippen LogP contribution < -0.4 is 16.0 Å². The number of halogens is 2. The maximum atomic E-state index is 13.7. The van der Waals surface area contributed by atoms with Crippen LogP contribution in [0.15, 0.2) is 42.5 Å². The molecule has 0 bridgehead atoms. The van der Waals surface area contributed by atoms with Gasteiger partial charge in [-0.15, -0.1) is 12.4 Å². The van der Waals surface area contributed by atoms with Crippen LogP contribution in [0.25, 0.3) is 0 Å². The van der Waals surface area contributed by atoms with Crippen molar-refractivity contribution in [3.8, 4) is 0 Å². The fourth-order valence-electron chi connectivity index (χ4n) is 4.07. The van der Waals surface area contributed by atoms with Gasteiger partial charge in [-0.05, 0) is 55.1 Å². The summed E-state index contributed by atoms with van der Waals surface area (Å²) in [6.07, 6.45) is 2.65. The SMILES string of the molecule is Cl.O=C(Nc1ccccc1F)Nc1cccc2c1CCN(C(=O)C1CCCNC1)C2. The molecule has 6 nitrogen and oxygen atoms in total. The molecule has 2 aromatic carbocycles. The van der Waals surface area contributed by atoms with Crippen LogP contribution >= 0.6 is 12.4 Å². The van der Waals surface area contributed by atoms with E-state index in [1.165, 1.54) is 12.1 Å². The fourth-order valence-corrected chi connectivity index (χ4v) is 4.07. The number of carbonyl (C=O) groups is 2. The molecular weight excluding hydrogens is 407 g/mol. The number of nitrogens with zero attached hydrogens (tertiary/aromatic N) is 1. The van der Waals surface area contributed by atoms with Crippen molar-refractivity contribution >= 4 is 35.7 Å². The molecule has 30 heavy (non-hydrogen) atoms. The molecule has 2 aromatic rings. The first-order valence-electron chi connectivity index (χ1n) is 10.0. The van der Waals surface area contributed by atoms with Crippen molar-refractivity contribution in [2.45, 2.75) is 25.8 Å². The van der Waals surface area contributed by atoms with Crippen molar-refractivity contribution in [3.63, 3.8) is 0 Å². The van der Waals surface area contributed by atoms with Crippen LogP contribution in [0.5, 0.6) is 0 Å². The molecule has 2 aliphatic rings. The number of rotatable bonds is 3. The third-order valence-corrected chi connectivity index (χ3v) is 5.59. The second kappa shape index (κ2) is 9.91. The Morgan fingerprint density at radius 3 is 2.60 bits per heavy atom. The molecule has 1 saturated heterocycles. The van der Waals surface area contributed by atoms with Crippen molar-refractivity contribution in [1.29, 1.82) is 0 Å². The molecule has 0 radical (unpaired) electrons. The highest BCUT2D eigenvalue weighted by molar-refractivity contribution is 6.00. The summed E-state index contributed by atoms with van der Waals surface area (Å²) >= 11 is 0. The van der Waals surface area contributed by atoms with Crippen LogP contribution in [0.2, 0.25) is 0 Å². The number of urea groups is 1. The Kier molecular flexibility index (Phi) is 7.29. The maximum absolute atomic E-state index is 13.7. The predicted molar refractivity (Wildman–Crippen MR) is 117 cm³/mol. The van der Waals surface area contributed by atoms with E-state index in [0.717, 1.165) is 37.1 Å². The van der Waals surface area contributed by atoms with Crippen LogP contribution in [0, 0.1) is 11.7 Å². The van der Waals surface area contributed by atoms with Gasteiger partial charge in [0.05, 0.1) is 11.6 Å². The molecule has 3 amide bonds. The summed E-state index contributed by atoms with van der Waals surface area (Å²) in [7, 11) is 0. The lowest BCUT2D eigenvalue weighted by Crippen LogP contribution is -2.45. The van der Waals surface area contributed by atoms with Crippen molar-refractivity contribution in [3.05, 3.63) is 59.4 Å². The van der Waals surface area contributed by atoms with E-state index in [1.807, 2.05) is 23.1 Å². The van der Waals surface area contributed by atoms with E-state index in [2.05, 4.69) is 16.0 Å². The van der Waals surface area contributed by atoms with Gasteiger partial charge in [0.25, 0.3) is 0 Å². The number of carbonyl (C=O) groups excluding carboxylic acids is 2. The normalized spacial score (nSPS) is 18.0. The first-order chi connectivity index (χ1) is 14.1. The molecule has 1 unspecified atom stereocenters. The molecular formula is C22H26ClFN4O2. The zero-order valence-corrected chi connectivity index (χ0v) is 17.4. The Labute approximate surface area is 181 Å². The van der Waals surface area contributed by atoms with Crippen molar-refractivity contribution < 1.29 is 14.0 Å². The number of fused-ring (bicyclic) bond motifs is 1. The number of benzene rings is 2. The van der Waals surface area contributed by atoms with Gasteiger partial charge in [0, 0.05) is 25.3 Å². The zero-order valence-electron chi connectivity index (χ0n) is 16.6. The van der Waals surface area contributed by atoms with Crippen molar-refractivity contribution in [2.24, 2.45) is 5.92 Å². The lowest BCUT2D eigenvalue weighted by atomic mass is 9.94. The minimum Gasteiger partial charge on any atom is -0.338 e. The molecule has 1 atom stereocenters. The summed E-state index contributed by atoms with van der Waals surface area (Å²) in [5, 5.41) is 8.66. The van der Waals surface area contributed by atoms with Gasteiger partial charge in [0.15, 0.2) is 0 Å². The smallest absolute Gasteiger partial charge is 0.323 e. The number of anilines is 2. The first-order valence-corrected chi connectivity index (χ1v) is 10.0. The number of hydrogen-bond acceptors (Lipinski definition) is 3. The van der Waals surface area contributed by atoms with Crippen LogP contribution in [0.3, 0.4) is 0 Å². The van der Waals surface area contributed by atoms with Gasteiger partial charge >= 0.3 is 6.03 Å². The van der Waals surface area contributed by atoms with Gasteiger partial charge in [0.2, 0.25) is 5.91 Å². The molecule has 1 fully saturated rings. The molecule has 0 aliphatic carbocycles. The highest BCUT2D eigenvalue weighted by Gasteiger charge is 2.29. The summed E-state index contributed by atoms with van der Waals surface area (Å²) in [5.41, 5.74) is 2.90. The highest BCUT2D eigenvalue weighted by atomic mass is 35.5. The second-order valence-corrected chi connectivity index (χ2v) is 7.56. The van der Waals surface area contributed by atoms with Crippen LogP contribution in [0.4, 0.5) is 20.6 Å². The van der Waals surface area contributed by atoms with Crippen molar-refractivity contribution in [1.82, 2.24) is 10.2 Å². The monoisotopic (exact) mass is 432 g/mol. The number of amides is 3. The summed E-state index contributed by atoms with van der Waals surface area (Å²) in [6.45, 7) is 2.92. The number of piperidine rings is 1. The zero-order chi connectivity index (χ0) is 20.2. The van der Waals surface area contributed by atoms with Gasteiger partial charge in [-0.3, -0.25) is 4.79 Å². The minimum atomic E-state index is -0.490. The second-order valence-electron chi connectivity index (χ2n) is 7.56. The Balaban J connectivity index is 0.00000256. The average molecular weight is 433 g/mol. The van der Waals surface area contributed by atoms with Gasteiger partial charge in [0.1, 0.15) is 5.82 Å². The van der Waals surface area contributed by atoms with Crippen LogP contribution in [-0.4, -0.2) is 36.5 Å². The first kappa shape index (κ1) is 22.1. The lowest BCUT2D eigenvalue weighted by Gasteiger charge is -2.34. The Morgan fingerprint density at radius 2 is 1.83 bits per heavy atom. The van der Waals surface area contributed by atoms with Gasteiger partial charge < -0.3 is 20.9 Å². The van der Waals surface area contributed by atoms with Crippen molar-refractivity contribution in [2.75, 3.05) is 30.3 Å². The van der Waals surface area contributed by atoms with E-state index in [1.54, 1.807) is 12.1 Å². The third-order valence-electron chi connectivity index (χ3n) is 5.59. The number of para-hydroxylation sites is 1. The minimum absolute atomic E-state index is 0. The van der Waals surface area contributed by atoms with E-state index >= 15 is 0 Å². The molecule has 4 rings (SSSR count). The standard InChI is InChI=1S/C22H25FN4O2.ClH/c23-18-7-1-2-8-20(18)26-22(29)25-19-9-3-5-16-14-27(12-10-17(16)19)21(28)15-6-4-11-24-13-15;/h1-3,5,7-9,15,24H,4,6,10-14H2,(H2,25,26,29);1H. The molecule has 0 saturated carbocycles. The molecule has 0 spiro atoms. The molecule has 2 aliphatic heterocycles. The van der Waals surface area contributed by atoms with E-state index in [0.29, 0.717) is 25.2 Å². The summed E-state index contributed by atoms with van der Waals surface area (Å²) in [4.78, 5) is 27.1. The Hall–Kier alpha value is -2.64. The Morgan fingerprint density at radius 1 is 1.07 bits per heavy atom. The quantitative estimate of drug-likeness (QED) is 0.691. The van der Waals surface area contributed by atoms with E-state index in [4.69, 9.17) is 0 Å². The Bertz CT molecular complexity index is 918. The molecule has 8 heteroatoms. The van der Waals surface area contributed by atoms with E-state index < -0.39 is 11.8 Å². The molecule has 0 aromatic heterocycles. The highest BCUT2D eigenvalue weighted by Crippen LogP contribution is 2.28. The van der Waals surface area contributed by atoms with Crippen LogP contribution in [0.1, 0.15) is 24.0 Å². The third kappa shape index (κ3) is 4.91. The average Bonchev–Trinajstić information content (AvgIpc) is 2.75. The molecule has 160 valence electrons. The van der Waals surface area contributed by atoms with Gasteiger partial charge in [-0.1, -0.05) is 24.3 Å². The van der Waals surface area contributed by atoms with Gasteiger partial charge in [-0.25, -0.2) is 9.18 Å². The lowest BCUT2D eigenvalue weighted by molar-refractivity contribution is -0.137. The number of hydrogen-bond donors (Lipinski definition) is 3. The van der Waals surface area contributed by atoms with E-state index in [9.17, 15) is 14.0 Å². The summed E-state index contributed by atoms with van der Waals surface area (Å²) in [5.74, 6) is -0.222. The van der Waals surface area contributed by atoms with Crippen LogP contribution in [-0.2, 0) is 17.8 Å². The molecule has 3 N–H and O–H groups in total. The largest absolute Gasteiger partial charge is 0.338 e. The number of nitrogens with one attached hydrogen (secondary N) is 3. The fraction of sp³-hybridized carbons (Fsp3) is 0.364. The summed E-state index contributed by atoms with van der Waals surface area (Å²) < 4.78 is 13.7. The molecule has 2 heterocycles. The summed E-state index contributed by atoms with van der Waals surface area (Å²) in [6, 6.07) is 11.3.